The predicted molar refractivity (Wildman–Crippen MR) is 110 cm³/mol. The van der Waals surface area contributed by atoms with E-state index in [1.807, 2.05) is 78.9 Å². The molecule has 1 aliphatic heterocycles. The molecule has 1 heterocycles. The number of methoxy groups -OCH3 is 1. The first-order chi connectivity index (χ1) is 13.7. The first-order valence-corrected chi connectivity index (χ1v) is 9.31. The molecule has 0 radical (unpaired) electrons. The number of esters is 1. The van der Waals surface area contributed by atoms with E-state index in [9.17, 15) is 4.79 Å². The van der Waals surface area contributed by atoms with Crippen LogP contribution in [0.3, 0.4) is 0 Å². The second-order valence-corrected chi connectivity index (χ2v) is 6.86. The number of aliphatic imine (C=N–C) groups is 1. The van der Waals surface area contributed by atoms with Crippen LogP contribution in [0.5, 0.6) is 0 Å². The van der Waals surface area contributed by atoms with Gasteiger partial charge in [-0.25, -0.2) is 9.79 Å². The van der Waals surface area contributed by atoms with E-state index in [1.54, 1.807) is 0 Å². The largest absolute Gasteiger partial charge is 0.467 e. The number of nitrogens with zero attached hydrogens (tertiary/aromatic N) is 2. The molecule has 1 unspecified atom stereocenters. The lowest BCUT2D eigenvalue weighted by molar-refractivity contribution is -0.147. The molecule has 4 nitrogen and oxygen atoms in total. The molecule has 1 atom stereocenters. The van der Waals surface area contributed by atoms with Crippen molar-refractivity contribution in [1.29, 1.82) is 0 Å². The van der Waals surface area contributed by atoms with Crippen molar-refractivity contribution >= 4 is 11.8 Å². The molecular formula is C24H22N2O2. The van der Waals surface area contributed by atoms with Crippen molar-refractivity contribution in [3.63, 3.8) is 0 Å². The summed E-state index contributed by atoms with van der Waals surface area (Å²) in [5, 5.41) is 0. The van der Waals surface area contributed by atoms with E-state index < -0.39 is 5.54 Å². The summed E-state index contributed by atoms with van der Waals surface area (Å²) >= 11 is 0. The van der Waals surface area contributed by atoms with Crippen LogP contribution in [0.15, 0.2) is 96.0 Å². The minimum Gasteiger partial charge on any atom is -0.467 e. The third-order valence-corrected chi connectivity index (χ3v) is 5.04. The third-order valence-electron chi connectivity index (χ3n) is 5.04. The van der Waals surface area contributed by atoms with Crippen LogP contribution in [0, 0.1) is 0 Å². The van der Waals surface area contributed by atoms with E-state index in [0.29, 0.717) is 13.1 Å². The summed E-state index contributed by atoms with van der Waals surface area (Å²) in [5.74, 6) is 0.460. The average molecular weight is 370 g/mol. The maximum Gasteiger partial charge on any atom is 0.340 e. The molecule has 4 heteroatoms. The fourth-order valence-corrected chi connectivity index (χ4v) is 3.67. The van der Waals surface area contributed by atoms with Crippen molar-refractivity contribution in [2.45, 2.75) is 12.1 Å². The van der Waals surface area contributed by atoms with Gasteiger partial charge in [-0.05, 0) is 11.1 Å². The number of benzene rings is 3. The summed E-state index contributed by atoms with van der Waals surface area (Å²) < 4.78 is 5.20. The van der Waals surface area contributed by atoms with Crippen molar-refractivity contribution in [3.8, 4) is 0 Å². The highest BCUT2D eigenvalue weighted by atomic mass is 16.5. The molecule has 0 saturated carbocycles. The van der Waals surface area contributed by atoms with Gasteiger partial charge >= 0.3 is 5.97 Å². The molecule has 0 aliphatic carbocycles. The monoisotopic (exact) mass is 370 g/mol. The Hall–Kier alpha value is -3.40. The van der Waals surface area contributed by atoms with Crippen LogP contribution in [-0.2, 0) is 21.6 Å². The lowest BCUT2D eigenvalue weighted by atomic mass is 9.91. The van der Waals surface area contributed by atoms with Crippen molar-refractivity contribution < 1.29 is 9.53 Å². The van der Waals surface area contributed by atoms with Crippen LogP contribution in [0.4, 0.5) is 0 Å². The number of hydrogen-bond donors (Lipinski definition) is 0. The Labute approximate surface area is 165 Å². The molecule has 3 aromatic carbocycles. The Bertz CT molecular complexity index is 971. The highest BCUT2D eigenvalue weighted by molar-refractivity contribution is 6.03. The predicted octanol–water partition coefficient (Wildman–Crippen LogP) is 4.02. The summed E-state index contributed by atoms with van der Waals surface area (Å²) in [6.45, 7) is 1.10. The Kier molecular flexibility index (Phi) is 4.94. The lowest BCUT2D eigenvalue weighted by Crippen LogP contribution is -2.41. The van der Waals surface area contributed by atoms with Gasteiger partial charge in [-0.3, -0.25) is 0 Å². The summed E-state index contributed by atoms with van der Waals surface area (Å²) in [4.78, 5) is 20.1. The molecule has 1 aliphatic rings. The van der Waals surface area contributed by atoms with Crippen LogP contribution in [0.1, 0.15) is 16.7 Å². The standard InChI is InChI=1S/C24H22N2O2/c1-28-23(27)24(21-15-9-4-10-16-21)18-26(17-19-11-5-2-6-12-19)22(25-24)20-13-7-3-8-14-20/h2-16H,17-18H2,1H3. The van der Waals surface area contributed by atoms with E-state index >= 15 is 0 Å². The van der Waals surface area contributed by atoms with E-state index in [0.717, 1.165) is 17.0 Å². The SMILES string of the molecule is COC(=O)C1(c2ccccc2)CN(Cc2ccccc2)C(c2ccccc2)=N1. The highest BCUT2D eigenvalue weighted by Crippen LogP contribution is 2.36. The minimum atomic E-state index is -1.07. The summed E-state index contributed by atoms with van der Waals surface area (Å²) in [6.07, 6.45) is 0. The van der Waals surface area contributed by atoms with Crippen molar-refractivity contribution in [2.24, 2.45) is 4.99 Å². The molecule has 140 valence electrons. The third kappa shape index (κ3) is 3.29. The Morgan fingerprint density at radius 3 is 2.11 bits per heavy atom. The average Bonchev–Trinajstić information content (AvgIpc) is 3.15. The second-order valence-electron chi connectivity index (χ2n) is 6.86. The summed E-state index contributed by atoms with van der Waals surface area (Å²) in [6, 6.07) is 29.9. The maximum absolute atomic E-state index is 13.0. The van der Waals surface area contributed by atoms with Gasteiger partial charge in [-0.15, -0.1) is 0 Å². The van der Waals surface area contributed by atoms with Crippen LogP contribution in [0.25, 0.3) is 0 Å². The van der Waals surface area contributed by atoms with Gasteiger partial charge in [0.1, 0.15) is 5.84 Å². The number of rotatable bonds is 5. The Morgan fingerprint density at radius 2 is 1.50 bits per heavy atom. The van der Waals surface area contributed by atoms with Crippen LogP contribution in [0.2, 0.25) is 0 Å². The molecule has 0 bridgehead atoms. The summed E-state index contributed by atoms with van der Waals surface area (Å²) in [5.41, 5.74) is 1.92. The fraction of sp³-hybridized carbons (Fsp3) is 0.167. The van der Waals surface area contributed by atoms with Gasteiger partial charge in [0.15, 0.2) is 0 Å². The molecule has 0 saturated heterocycles. The van der Waals surface area contributed by atoms with Gasteiger partial charge in [0.25, 0.3) is 0 Å². The number of carbonyl (C=O) groups is 1. The molecule has 0 aromatic heterocycles. The fourth-order valence-electron chi connectivity index (χ4n) is 3.67. The Morgan fingerprint density at radius 1 is 0.929 bits per heavy atom. The van der Waals surface area contributed by atoms with E-state index in [1.165, 1.54) is 12.7 Å². The van der Waals surface area contributed by atoms with Gasteiger partial charge in [0.2, 0.25) is 5.54 Å². The highest BCUT2D eigenvalue weighted by Gasteiger charge is 2.48. The smallest absolute Gasteiger partial charge is 0.340 e. The summed E-state index contributed by atoms with van der Waals surface area (Å²) in [7, 11) is 1.42. The zero-order chi connectivity index (χ0) is 19.4. The van der Waals surface area contributed by atoms with Crippen LogP contribution < -0.4 is 0 Å². The molecule has 0 amide bonds. The second kappa shape index (κ2) is 7.69. The first-order valence-electron chi connectivity index (χ1n) is 9.31. The van der Waals surface area contributed by atoms with Crippen molar-refractivity contribution in [2.75, 3.05) is 13.7 Å². The van der Waals surface area contributed by atoms with Gasteiger partial charge in [-0.1, -0.05) is 91.0 Å². The van der Waals surface area contributed by atoms with Crippen molar-refractivity contribution in [1.82, 2.24) is 4.90 Å². The van der Waals surface area contributed by atoms with Gasteiger partial charge in [0, 0.05) is 12.1 Å². The first kappa shape index (κ1) is 18.0. The Balaban J connectivity index is 1.82. The molecule has 3 aromatic rings. The molecule has 28 heavy (non-hydrogen) atoms. The minimum absolute atomic E-state index is 0.345. The number of amidine groups is 1. The quantitative estimate of drug-likeness (QED) is 0.637. The van der Waals surface area contributed by atoms with Gasteiger partial charge < -0.3 is 9.64 Å². The maximum atomic E-state index is 13.0. The zero-order valence-electron chi connectivity index (χ0n) is 15.8. The van der Waals surface area contributed by atoms with E-state index in [-0.39, 0.29) is 5.97 Å². The zero-order valence-corrected chi connectivity index (χ0v) is 15.8. The topological polar surface area (TPSA) is 41.9 Å². The molecule has 4 rings (SSSR count). The molecular weight excluding hydrogens is 348 g/mol. The van der Waals surface area contributed by atoms with Gasteiger partial charge in [0.05, 0.1) is 13.7 Å². The van der Waals surface area contributed by atoms with Gasteiger partial charge in [-0.2, -0.15) is 0 Å². The molecule has 0 N–H and O–H groups in total. The van der Waals surface area contributed by atoms with Crippen molar-refractivity contribution in [3.05, 3.63) is 108 Å². The number of ether oxygens (including phenoxy) is 1. The molecule has 0 spiro atoms. The number of carbonyl (C=O) groups excluding carboxylic acids is 1. The molecule has 0 fully saturated rings. The number of hydrogen-bond acceptors (Lipinski definition) is 4. The van der Waals surface area contributed by atoms with Crippen LogP contribution in [-0.4, -0.2) is 30.4 Å². The lowest BCUT2D eigenvalue weighted by Gasteiger charge is -2.26. The van der Waals surface area contributed by atoms with E-state index in [4.69, 9.17) is 9.73 Å². The van der Waals surface area contributed by atoms with Crippen LogP contribution >= 0.6 is 0 Å². The van der Waals surface area contributed by atoms with E-state index in [2.05, 4.69) is 17.0 Å². The normalized spacial score (nSPS) is 18.6.